The fourth-order valence-corrected chi connectivity index (χ4v) is 1.00. The number of hydrogen-bond acceptors (Lipinski definition) is 5. The third-order valence-corrected chi connectivity index (χ3v) is 1.88. The van der Waals surface area contributed by atoms with E-state index >= 15 is 0 Å². The first-order valence-corrected chi connectivity index (χ1v) is 5.18. The van der Waals surface area contributed by atoms with Crippen LogP contribution in [0.25, 0.3) is 0 Å². The van der Waals surface area contributed by atoms with Gasteiger partial charge in [0.05, 0.1) is 19.2 Å². The second kappa shape index (κ2) is 8.95. The molecule has 0 aliphatic heterocycles. The van der Waals surface area contributed by atoms with Crippen LogP contribution < -0.4 is 10.6 Å². The number of likely N-dealkylation sites (N-methyl/N-ethyl adjacent to an activating group) is 1. The first-order chi connectivity index (χ1) is 8.52. The van der Waals surface area contributed by atoms with Crippen molar-refractivity contribution in [2.45, 2.75) is 0 Å². The van der Waals surface area contributed by atoms with Crippen LogP contribution in [0.1, 0.15) is 0 Å². The fourth-order valence-electron chi connectivity index (χ4n) is 1.00. The minimum atomic E-state index is -0.913. The molecule has 0 spiro atoms. The summed E-state index contributed by atoms with van der Waals surface area (Å²) in [4.78, 5) is 34.9. The number of nitrogens with one attached hydrogen (secondary N) is 2. The maximum atomic E-state index is 11.4. The van der Waals surface area contributed by atoms with Crippen LogP contribution in [0.5, 0.6) is 0 Å². The third-order valence-electron chi connectivity index (χ3n) is 1.88. The van der Waals surface area contributed by atoms with Crippen molar-refractivity contribution in [1.82, 2.24) is 15.5 Å². The van der Waals surface area contributed by atoms with E-state index in [2.05, 4.69) is 10.6 Å². The van der Waals surface area contributed by atoms with E-state index in [1.165, 1.54) is 14.2 Å². The van der Waals surface area contributed by atoms with Crippen LogP contribution in [0.4, 0.5) is 0 Å². The minimum absolute atomic E-state index is 0.234. The molecule has 8 nitrogen and oxygen atoms in total. The molecule has 0 saturated heterocycles. The zero-order valence-corrected chi connectivity index (χ0v) is 10.4. The summed E-state index contributed by atoms with van der Waals surface area (Å²) in [5.41, 5.74) is 0. The van der Waals surface area contributed by atoms with E-state index in [0.717, 1.165) is 4.90 Å². The van der Waals surface area contributed by atoms with Crippen molar-refractivity contribution >= 4 is 17.7 Å². The highest BCUT2D eigenvalue weighted by Crippen LogP contribution is 1.85. The lowest BCUT2D eigenvalue weighted by atomic mass is 10.4. The van der Waals surface area contributed by atoms with Gasteiger partial charge in [-0.2, -0.15) is 5.26 Å². The molecule has 0 aliphatic rings. The van der Waals surface area contributed by atoms with E-state index < -0.39 is 17.7 Å². The molecule has 18 heavy (non-hydrogen) atoms. The van der Waals surface area contributed by atoms with E-state index in [1.54, 1.807) is 6.07 Å². The van der Waals surface area contributed by atoms with E-state index in [-0.39, 0.29) is 13.1 Å². The van der Waals surface area contributed by atoms with Gasteiger partial charge in [0, 0.05) is 20.7 Å². The van der Waals surface area contributed by atoms with Gasteiger partial charge in [-0.25, -0.2) is 0 Å². The quantitative estimate of drug-likeness (QED) is 0.319. The molecule has 8 heteroatoms. The Balaban J connectivity index is 4.03. The Kier molecular flexibility index (Phi) is 7.89. The molecular weight excluding hydrogens is 240 g/mol. The molecule has 0 aromatic carbocycles. The number of rotatable bonds is 6. The highest BCUT2D eigenvalue weighted by molar-refractivity contribution is 6.35. The minimum Gasteiger partial charge on any atom is -0.383 e. The summed E-state index contributed by atoms with van der Waals surface area (Å²) in [5, 5.41) is 12.8. The van der Waals surface area contributed by atoms with Crippen molar-refractivity contribution in [2.75, 3.05) is 40.4 Å². The van der Waals surface area contributed by atoms with Crippen molar-refractivity contribution in [3.8, 4) is 6.07 Å². The van der Waals surface area contributed by atoms with Gasteiger partial charge in [-0.3, -0.25) is 14.4 Å². The molecule has 0 aromatic rings. The zero-order chi connectivity index (χ0) is 14.0. The molecule has 3 amide bonds. The van der Waals surface area contributed by atoms with E-state index in [0.29, 0.717) is 13.2 Å². The van der Waals surface area contributed by atoms with Crippen LogP contribution >= 0.6 is 0 Å². The molecule has 0 fully saturated rings. The van der Waals surface area contributed by atoms with Gasteiger partial charge in [-0.15, -0.1) is 0 Å². The molecule has 0 heterocycles. The molecule has 2 N–H and O–H groups in total. The third kappa shape index (κ3) is 6.44. The Morgan fingerprint density at radius 3 is 2.56 bits per heavy atom. The summed E-state index contributed by atoms with van der Waals surface area (Å²) in [6.45, 7) is 0.213. The van der Waals surface area contributed by atoms with Crippen LogP contribution in [0.15, 0.2) is 0 Å². The lowest BCUT2D eigenvalue weighted by molar-refractivity contribution is -0.146. The SMILES string of the molecule is COCCNC(=O)CN(C)C(=O)C(=O)NCC#N. The Bertz CT molecular complexity index is 350. The van der Waals surface area contributed by atoms with Gasteiger partial charge in [0.1, 0.15) is 6.54 Å². The van der Waals surface area contributed by atoms with Crippen molar-refractivity contribution in [3.63, 3.8) is 0 Å². The second-order valence-corrected chi connectivity index (χ2v) is 3.34. The van der Waals surface area contributed by atoms with Crippen molar-refractivity contribution in [3.05, 3.63) is 0 Å². The Labute approximate surface area is 105 Å². The Hall–Kier alpha value is -2.14. The molecule has 0 rings (SSSR count). The van der Waals surface area contributed by atoms with Gasteiger partial charge < -0.3 is 20.3 Å². The van der Waals surface area contributed by atoms with Gasteiger partial charge >= 0.3 is 11.8 Å². The van der Waals surface area contributed by atoms with Crippen LogP contribution in [0.2, 0.25) is 0 Å². The second-order valence-electron chi connectivity index (χ2n) is 3.34. The summed E-state index contributed by atoms with van der Waals surface area (Å²) < 4.78 is 4.74. The molecule has 0 aromatic heterocycles. The predicted octanol–water partition coefficient (Wildman–Crippen LogP) is -2.15. The number of carbonyl (C=O) groups is 3. The number of carbonyl (C=O) groups excluding carboxylic acids is 3. The van der Waals surface area contributed by atoms with Crippen LogP contribution in [-0.2, 0) is 19.1 Å². The average molecular weight is 256 g/mol. The summed E-state index contributed by atoms with van der Waals surface area (Å²) in [6, 6.07) is 1.67. The summed E-state index contributed by atoms with van der Waals surface area (Å²) in [5.74, 6) is -2.17. The Morgan fingerprint density at radius 1 is 1.33 bits per heavy atom. The fraction of sp³-hybridized carbons (Fsp3) is 0.600. The van der Waals surface area contributed by atoms with Crippen molar-refractivity contribution < 1.29 is 19.1 Å². The van der Waals surface area contributed by atoms with E-state index in [9.17, 15) is 14.4 Å². The zero-order valence-electron chi connectivity index (χ0n) is 10.4. The number of methoxy groups -OCH3 is 1. The van der Waals surface area contributed by atoms with Gasteiger partial charge in [0.2, 0.25) is 5.91 Å². The largest absolute Gasteiger partial charge is 0.383 e. The van der Waals surface area contributed by atoms with E-state index in [1.807, 2.05) is 0 Å². The molecule has 0 unspecified atom stereocenters. The molecule has 0 aliphatic carbocycles. The van der Waals surface area contributed by atoms with Crippen LogP contribution in [-0.4, -0.2) is 63.0 Å². The van der Waals surface area contributed by atoms with E-state index in [4.69, 9.17) is 10.00 Å². The van der Waals surface area contributed by atoms with Gasteiger partial charge in [-0.1, -0.05) is 0 Å². The highest BCUT2D eigenvalue weighted by atomic mass is 16.5. The monoisotopic (exact) mass is 256 g/mol. The van der Waals surface area contributed by atoms with Crippen LogP contribution in [0, 0.1) is 11.3 Å². The topological polar surface area (TPSA) is 112 Å². The molecule has 100 valence electrons. The first kappa shape index (κ1) is 15.9. The average Bonchev–Trinajstić information content (AvgIpc) is 2.35. The number of hydrogen-bond donors (Lipinski definition) is 2. The molecule has 0 saturated carbocycles. The molecule has 0 bridgehead atoms. The number of nitriles is 1. The maximum Gasteiger partial charge on any atom is 0.312 e. The van der Waals surface area contributed by atoms with Gasteiger partial charge in [0.15, 0.2) is 0 Å². The van der Waals surface area contributed by atoms with Gasteiger partial charge in [-0.05, 0) is 0 Å². The Morgan fingerprint density at radius 2 is 2.00 bits per heavy atom. The smallest absolute Gasteiger partial charge is 0.312 e. The summed E-state index contributed by atoms with van der Waals surface area (Å²) in [7, 11) is 2.82. The maximum absolute atomic E-state index is 11.4. The predicted molar refractivity (Wildman–Crippen MR) is 61.1 cm³/mol. The number of ether oxygens (including phenoxy) is 1. The number of nitrogens with zero attached hydrogens (tertiary/aromatic N) is 2. The first-order valence-electron chi connectivity index (χ1n) is 5.18. The highest BCUT2D eigenvalue weighted by Gasteiger charge is 2.19. The lowest BCUT2D eigenvalue weighted by Crippen LogP contribution is -2.45. The van der Waals surface area contributed by atoms with Gasteiger partial charge in [0.25, 0.3) is 0 Å². The standard InChI is InChI=1S/C10H16N4O4/c1-14(7-8(15)12-5-6-18-2)10(17)9(16)13-4-3-11/h4-7H2,1-2H3,(H,12,15)(H,13,16). The molecular formula is C10H16N4O4. The van der Waals surface area contributed by atoms with Crippen molar-refractivity contribution in [1.29, 1.82) is 5.26 Å². The lowest BCUT2D eigenvalue weighted by Gasteiger charge is -2.15. The molecule has 0 atom stereocenters. The normalized spacial score (nSPS) is 9.17. The van der Waals surface area contributed by atoms with Crippen molar-refractivity contribution in [2.24, 2.45) is 0 Å². The number of amides is 3. The molecule has 0 radical (unpaired) electrons. The summed E-state index contributed by atoms with van der Waals surface area (Å²) >= 11 is 0. The van der Waals surface area contributed by atoms with Crippen LogP contribution in [0.3, 0.4) is 0 Å². The summed E-state index contributed by atoms with van der Waals surface area (Å²) in [6.07, 6.45) is 0.